The van der Waals surface area contributed by atoms with Crippen molar-refractivity contribution in [1.29, 1.82) is 0 Å². The first-order valence-corrected chi connectivity index (χ1v) is 8.52. The van der Waals surface area contributed by atoms with Crippen molar-refractivity contribution >= 4 is 34.6 Å². The van der Waals surface area contributed by atoms with Crippen molar-refractivity contribution in [2.24, 2.45) is 5.73 Å². The van der Waals surface area contributed by atoms with Gasteiger partial charge in [0.2, 0.25) is 5.91 Å². The van der Waals surface area contributed by atoms with Crippen LogP contribution in [-0.2, 0) is 4.79 Å². The van der Waals surface area contributed by atoms with Crippen molar-refractivity contribution in [2.75, 3.05) is 5.75 Å². The molecule has 3 heterocycles. The van der Waals surface area contributed by atoms with Crippen molar-refractivity contribution in [1.82, 2.24) is 9.88 Å². The molecule has 0 spiro atoms. The number of carbonyl (C=O) groups is 1. The predicted octanol–water partition coefficient (Wildman–Crippen LogP) is 2.39. The molecule has 1 amide bonds. The molecule has 2 aliphatic heterocycles. The SMILES string of the molecule is NC1C(=O)N2C=C(c3cnc(-c4ccccc4)s3)CSC12. The zero-order valence-electron chi connectivity index (χ0n) is 11.1. The minimum absolute atomic E-state index is 0.0116. The van der Waals surface area contributed by atoms with E-state index in [1.807, 2.05) is 30.6 Å². The fourth-order valence-electron chi connectivity index (χ4n) is 2.48. The second kappa shape index (κ2) is 4.98. The van der Waals surface area contributed by atoms with Gasteiger partial charge in [-0.3, -0.25) is 4.79 Å². The van der Waals surface area contributed by atoms with Crippen molar-refractivity contribution in [2.45, 2.75) is 11.4 Å². The third kappa shape index (κ3) is 2.10. The Balaban J connectivity index is 1.62. The van der Waals surface area contributed by atoms with Crippen LogP contribution >= 0.6 is 23.1 Å². The molecule has 106 valence electrons. The van der Waals surface area contributed by atoms with Gasteiger partial charge in [0, 0.05) is 23.7 Å². The van der Waals surface area contributed by atoms with Gasteiger partial charge in [-0.25, -0.2) is 4.98 Å². The molecular weight excluding hydrogens is 302 g/mol. The van der Waals surface area contributed by atoms with Gasteiger partial charge in [0.1, 0.15) is 16.4 Å². The number of nitrogens with zero attached hydrogens (tertiary/aromatic N) is 2. The molecule has 0 radical (unpaired) electrons. The summed E-state index contributed by atoms with van der Waals surface area (Å²) in [7, 11) is 0. The smallest absolute Gasteiger partial charge is 0.247 e. The number of hydrogen-bond donors (Lipinski definition) is 1. The van der Waals surface area contributed by atoms with Crippen LogP contribution in [0.15, 0.2) is 42.7 Å². The summed E-state index contributed by atoms with van der Waals surface area (Å²) in [5.74, 6) is 0.885. The molecule has 21 heavy (non-hydrogen) atoms. The summed E-state index contributed by atoms with van der Waals surface area (Å²) in [6.07, 6.45) is 3.83. The van der Waals surface area contributed by atoms with Crippen LogP contribution < -0.4 is 5.73 Å². The molecule has 2 unspecified atom stereocenters. The van der Waals surface area contributed by atoms with Gasteiger partial charge < -0.3 is 10.6 Å². The highest BCUT2D eigenvalue weighted by Crippen LogP contribution is 2.40. The lowest BCUT2D eigenvalue weighted by atomic mass is 10.1. The highest BCUT2D eigenvalue weighted by molar-refractivity contribution is 8.00. The van der Waals surface area contributed by atoms with Crippen molar-refractivity contribution in [3.63, 3.8) is 0 Å². The maximum absolute atomic E-state index is 11.7. The van der Waals surface area contributed by atoms with Crippen molar-refractivity contribution in [3.05, 3.63) is 47.6 Å². The van der Waals surface area contributed by atoms with Gasteiger partial charge >= 0.3 is 0 Å². The first kappa shape index (κ1) is 13.1. The summed E-state index contributed by atoms with van der Waals surface area (Å²) >= 11 is 3.38. The monoisotopic (exact) mass is 315 g/mol. The van der Waals surface area contributed by atoms with E-state index >= 15 is 0 Å². The van der Waals surface area contributed by atoms with Crippen LogP contribution in [-0.4, -0.2) is 33.0 Å². The maximum atomic E-state index is 11.7. The van der Waals surface area contributed by atoms with Crippen LogP contribution in [0, 0.1) is 0 Å². The third-order valence-electron chi connectivity index (χ3n) is 3.67. The van der Waals surface area contributed by atoms with E-state index in [1.54, 1.807) is 28.0 Å². The summed E-state index contributed by atoms with van der Waals surface area (Å²) < 4.78 is 0. The lowest BCUT2D eigenvalue weighted by molar-refractivity contribution is -0.140. The molecule has 4 rings (SSSR count). The molecule has 1 fully saturated rings. The van der Waals surface area contributed by atoms with E-state index < -0.39 is 0 Å². The summed E-state index contributed by atoms with van der Waals surface area (Å²) in [4.78, 5) is 19.1. The fourth-order valence-corrected chi connectivity index (χ4v) is 4.73. The lowest BCUT2D eigenvalue weighted by Crippen LogP contribution is -2.65. The molecule has 0 bridgehead atoms. The maximum Gasteiger partial charge on any atom is 0.247 e. The van der Waals surface area contributed by atoms with Gasteiger partial charge in [0.25, 0.3) is 0 Å². The minimum atomic E-state index is -0.339. The van der Waals surface area contributed by atoms with Gasteiger partial charge in [-0.15, -0.1) is 23.1 Å². The molecule has 2 N–H and O–H groups in total. The van der Waals surface area contributed by atoms with E-state index in [1.165, 1.54) is 0 Å². The molecule has 4 nitrogen and oxygen atoms in total. The van der Waals surface area contributed by atoms with Crippen molar-refractivity contribution in [3.8, 4) is 10.6 Å². The number of aromatic nitrogens is 1. The zero-order valence-corrected chi connectivity index (χ0v) is 12.7. The molecule has 6 heteroatoms. The van der Waals surface area contributed by atoms with Gasteiger partial charge in [-0.05, 0) is 5.57 Å². The largest absolute Gasteiger partial charge is 0.317 e. The second-order valence-corrected chi connectivity index (χ2v) is 7.16. The standard InChI is InChI=1S/C15H13N3OS2/c16-12-14(19)18-7-10(8-20-15(12)18)11-6-17-13(21-11)9-4-2-1-3-5-9/h1-7,12,15H,8,16H2. The molecule has 0 aliphatic carbocycles. The van der Waals surface area contributed by atoms with Crippen molar-refractivity contribution < 1.29 is 4.79 Å². The molecular formula is C15H13N3OS2. The second-order valence-electron chi connectivity index (χ2n) is 5.02. The molecule has 1 saturated heterocycles. The van der Waals surface area contributed by atoms with Gasteiger partial charge in [-0.2, -0.15) is 0 Å². The Kier molecular flexibility index (Phi) is 3.10. The quantitative estimate of drug-likeness (QED) is 0.865. The first-order valence-electron chi connectivity index (χ1n) is 6.66. The minimum Gasteiger partial charge on any atom is -0.317 e. The molecule has 2 atom stereocenters. The third-order valence-corrected chi connectivity index (χ3v) is 6.13. The van der Waals surface area contributed by atoms with E-state index in [4.69, 9.17) is 5.73 Å². The van der Waals surface area contributed by atoms with E-state index in [9.17, 15) is 4.79 Å². The normalized spacial score (nSPS) is 24.3. The number of β-lactam (4-membered cyclic amide) rings is 1. The van der Waals surface area contributed by atoms with E-state index in [-0.39, 0.29) is 17.3 Å². The zero-order chi connectivity index (χ0) is 14.4. The van der Waals surface area contributed by atoms with Gasteiger partial charge in [0.05, 0.1) is 4.88 Å². The number of fused-ring (bicyclic) bond motifs is 1. The number of thiazole rings is 1. The molecule has 0 saturated carbocycles. The average molecular weight is 315 g/mol. The summed E-state index contributed by atoms with van der Waals surface area (Å²) in [6, 6.07) is 9.79. The van der Waals surface area contributed by atoms with Crippen LogP contribution in [0.5, 0.6) is 0 Å². The number of thioether (sulfide) groups is 1. The number of hydrogen-bond acceptors (Lipinski definition) is 5. The topological polar surface area (TPSA) is 59.2 Å². The Bertz CT molecular complexity index is 726. The number of amides is 1. The van der Waals surface area contributed by atoms with Crippen LogP contribution in [0.2, 0.25) is 0 Å². The predicted molar refractivity (Wildman–Crippen MR) is 86.6 cm³/mol. The summed E-state index contributed by atoms with van der Waals surface area (Å²) in [6.45, 7) is 0. The number of carbonyl (C=O) groups excluding carboxylic acids is 1. The van der Waals surface area contributed by atoms with Crippen LogP contribution in [0.25, 0.3) is 16.1 Å². The summed E-state index contributed by atoms with van der Waals surface area (Å²) in [5.41, 5.74) is 8.06. The molecule has 1 aromatic heterocycles. The molecule has 1 aromatic carbocycles. The van der Waals surface area contributed by atoms with E-state index in [2.05, 4.69) is 17.1 Å². The Morgan fingerprint density at radius 3 is 2.90 bits per heavy atom. The summed E-state index contributed by atoms with van der Waals surface area (Å²) in [5, 5.41) is 1.12. The van der Waals surface area contributed by atoms with Crippen LogP contribution in [0.1, 0.15) is 4.88 Å². The number of benzene rings is 1. The highest BCUT2D eigenvalue weighted by atomic mass is 32.2. The van der Waals surface area contributed by atoms with Gasteiger partial charge in [-0.1, -0.05) is 30.3 Å². The van der Waals surface area contributed by atoms with E-state index in [0.717, 1.165) is 26.8 Å². The molecule has 2 aliphatic rings. The number of nitrogens with two attached hydrogens (primary N) is 1. The lowest BCUT2D eigenvalue weighted by Gasteiger charge is -2.45. The van der Waals surface area contributed by atoms with Crippen LogP contribution in [0.4, 0.5) is 0 Å². The Hall–Kier alpha value is -1.63. The van der Waals surface area contributed by atoms with Crippen LogP contribution in [0.3, 0.4) is 0 Å². The Labute approximate surface area is 130 Å². The fraction of sp³-hybridized carbons (Fsp3) is 0.200. The Morgan fingerprint density at radius 1 is 1.29 bits per heavy atom. The highest BCUT2D eigenvalue weighted by Gasteiger charge is 2.46. The van der Waals surface area contributed by atoms with E-state index in [0.29, 0.717) is 0 Å². The average Bonchev–Trinajstić information content (AvgIpc) is 3.04. The first-order chi connectivity index (χ1) is 10.2. The molecule has 2 aromatic rings. The Morgan fingerprint density at radius 2 is 2.10 bits per heavy atom. The number of rotatable bonds is 2. The van der Waals surface area contributed by atoms with Gasteiger partial charge in [0.15, 0.2) is 0 Å².